The molecule has 0 aliphatic heterocycles. The van der Waals surface area contributed by atoms with Gasteiger partial charge in [0, 0.05) is 25.8 Å². The maximum absolute atomic E-state index is 4.33. The number of hydrogen-bond donors (Lipinski definition) is 2. The molecule has 0 saturated carbocycles. The summed E-state index contributed by atoms with van der Waals surface area (Å²) >= 11 is 0. The second-order valence-electron chi connectivity index (χ2n) is 3.84. The first kappa shape index (κ1) is 11.0. The van der Waals surface area contributed by atoms with Crippen molar-refractivity contribution in [1.29, 1.82) is 0 Å². The van der Waals surface area contributed by atoms with Crippen LogP contribution < -0.4 is 10.6 Å². The van der Waals surface area contributed by atoms with Gasteiger partial charge in [-0.05, 0) is 24.7 Å². The van der Waals surface area contributed by atoms with Crippen LogP contribution in [0.4, 0.5) is 5.69 Å². The van der Waals surface area contributed by atoms with Gasteiger partial charge in [-0.1, -0.05) is 6.92 Å². The third kappa shape index (κ3) is 2.33. The van der Waals surface area contributed by atoms with Gasteiger partial charge in [0.05, 0.1) is 17.4 Å². The summed E-state index contributed by atoms with van der Waals surface area (Å²) in [5, 5.41) is 6.65. The maximum atomic E-state index is 4.33. The summed E-state index contributed by atoms with van der Waals surface area (Å²) in [7, 11) is 2.01. The van der Waals surface area contributed by atoms with E-state index in [1.54, 1.807) is 0 Å². The Hall–Kier alpha value is -1.55. The number of imidazole rings is 1. The van der Waals surface area contributed by atoms with Crippen LogP contribution in [0.3, 0.4) is 0 Å². The second-order valence-corrected chi connectivity index (χ2v) is 3.84. The molecule has 4 nitrogen and oxygen atoms in total. The highest BCUT2D eigenvalue weighted by molar-refractivity contribution is 5.79. The Morgan fingerprint density at radius 2 is 2.19 bits per heavy atom. The molecule has 0 amide bonds. The molecule has 0 spiro atoms. The van der Waals surface area contributed by atoms with Gasteiger partial charge < -0.3 is 15.2 Å². The third-order valence-corrected chi connectivity index (χ3v) is 2.61. The number of likely N-dealkylation sites (N-methyl/N-ethyl adjacent to an activating group) is 1. The molecule has 0 atom stereocenters. The summed E-state index contributed by atoms with van der Waals surface area (Å²) in [5.41, 5.74) is 3.33. The van der Waals surface area contributed by atoms with Crippen LogP contribution in [-0.4, -0.2) is 29.2 Å². The molecular weight excluding hydrogens is 200 g/mol. The van der Waals surface area contributed by atoms with E-state index in [4.69, 9.17) is 0 Å². The van der Waals surface area contributed by atoms with Crippen molar-refractivity contribution in [2.24, 2.45) is 7.05 Å². The predicted molar refractivity (Wildman–Crippen MR) is 67.7 cm³/mol. The quantitative estimate of drug-likeness (QED) is 0.749. The fourth-order valence-corrected chi connectivity index (χ4v) is 1.72. The van der Waals surface area contributed by atoms with Crippen LogP contribution in [-0.2, 0) is 7.05 Å². The molecule has 0 radical (unpaired) electrons. The molecule has 2 rings (SSSR count). The minimum Gasteiger partial charge on any atom is -0.384 e. The van der Waals surface area contributed by atoms with E-state index in [0.29, 0.717) is 0 Å². The van der Waals surface area contributed by atoms with E-state index < -0.39 is 0 Å². The number of hydrogen-bond acceptors (Lipinski definition) is 3. The Morgan fingerprint density at radius 3 is 3.00 bits per heavy atom. The smallest absolute Gasteiger partial charge is 0.0955 e. The molecule has 4 heteroatoms. The Bertz CT molecular complexity index is 461. The lowest BCUT2D eigenvalue weighted by Gasteiger charge is -2.06. The molecule has 86 valence electrons. The lowest BCUT2D eigenvalue weighted by atomic mass is 10.2. The predicted octanol–water partition coefficient (Wildman–Crippen LogP) is 1.59. The molecule has 0 bridgehead atoms. The second kappa shape index (κ2) is 4.99. The van der Waals surface area contributed by atoms with Crippen LogP contribution in [0.2, 0.25) is 0 Å². The van der Waals surface area contributed by atoms with Gasteiger partial charge in [0.15, 0.2) is 0 Å². The zero-order chi connectivity index (χ0) is 11.4. The van der Waals surface area contributed by atoms with Gasteiger partial charge in [-0.15, -0.1) is 0 Å². The average molecular weight is 218 g/mol. The van der Waals surface area contributed by atoms with Crippen molar-refractivity contribution in [3.05, 3.63) is 24.5 Å². The first-order chi connectivity index (χ1) is 7.81. The van der Waals surface area contributed by atoms with Crippen LogP contribution in [0.15, 0.2) is 24.5 Å². The number of nitrogens with zero attached hydrogens (tertiary/aromatic N) is 2. The zero-order valence-electron chi connectivity index (χ0n) is 9.83. The Balaban J connectivity index is 2.02. The molecule has 2 aromatic rings. The van der Waals surface area contributed by atoms with Crippen LogP contribution in [0, 0.1) is 0 Å². The highest BCUT2D eigenvalue weighted by atomic mass is 15.0. The Labute approximate surface area is 95.7 Å². The van der Waals surface area contributed by atoms with Crippen molar-refractivity contribution in [2.75, 3.05) is 25.0 Å². The van der Waals surface area contributed by atoms with Crippen LogP contribution in [0.5, 0.6) is 0 Å². The summed E-state index contributed by atoms with van der Waals surface area (Å²) in [5.74, 6) is 0. The Morgan fingerprint density at radius 1 is 1.31 bits per heavy atom. The number of aryl methyl sites for hydroxylation is 1. The average Bonchev–Trinajstić information content (AvgIpc) is 2.66. The molecule has 2 N–H and O–H groups in total. The van der Waals surface area contributed by atoms with Crippen LogP contribution >= 0.6 is 0 Å². The van der Waals surface area contributed by atoms with Gasteiger partial charge in [0.1, 0.15) is 0 Å². The molecule has 1 aromatic heterocycles. The van der Waals surface area contributed by atoms with E-state index in [-0.39, 0.29) is 0 Å². The zero-order valence-corrected chi connectivity index (χ0v) is 9.83. The number of fused-ring (bicyclic) bond motifs is 1. The number of nitrogens with one attached hydrogen (secondary N) is 2. The molecule has 0 aliphatic rings. The number of aromatic nitrogens is 2. The largest absolute Gasteiger partial charge is 0.384 e. The molecule has 16 heavy (non-hydrogen) atoms. The molecule has 0 aliphatic carbocycles. The van der Waals surface area contributed by atoms with Crippen molar-refractivity contribution in [2.45, 2.75) is 6.92 Å². The molecule has 0 unspecified atom stereocenters. The van der Waals surface area contributed by atoms with Gasteiger partial charge in [0.25, 0.3) is 0 Å². The van der Waals surface area contributed by atoms with Gasteiger partial charge in [-0.25, -0.2) is 4.98 Å². The normalized spacial score (nSPS) is 10.9. The summed E-state index contributed by atoms with van der Waals surface area (Å²) in [6.07, 6.45) is 1.84. The number of anilines is 1. The monoisotopic (exact) mass is 218 g/mol. The topological polar surface area (TPSA) is 41.9 Å². The molecule has 0 fully saturated rings. The van der Waals surface area contributed by atoms with Crippen molar-refractivity contribution in [3.63, 3.8) is 0 Å². The van der Waals surface area contributed by atoms with E-state index >= 15 is 0 Å². The maximum Gasteiger partial charge on any atom is 0.0955 e. The fraction of sp³-hybridized carbons (Fsp3) is 0.417. The minimum atomic E-state index is 0.937. The third-order valence-electron chi connectivity index (χ3n) is 2.61. The van der Waals surface area contributed by atoms with E-state index in [1.807, 2.05) is 17.9 Å². The number of rotatable bonds is 5. The summed E-state index contributed by atoms with van der Waals surface area (Å²) < 4.78 is 2.03. The summed E-state index contributed by atoms with van der Waals surface area (Å²) in [4.78, 5) is 4.33. The van der Waals surface area contributed by atoms with Gasteiger partial charge in [-0.3, -0.25) is 0 Å². The van der Waals surface area contributed by atoms with Crippen LogP contribution in [0.25, 0.3) is 11.0 Å². The highest BCUT2D eigenvalue weighted by Gasteiger charge is 2.00. The van der Waals surface area contributed by atoms with Crippen LogP contribution in [0.1, 0.15) is 6.92 Å². The van der Waals surface area contributed by atoms with E-state index in [9.17, 15) is 0 Å². The first-order valence-corrected chi connectivity index (χ1v) is 5.67. The van der Waals surface area contributed by atoms with E-state index in [0.717, 1.165) is 36.4 Å². The summed E-state index contributed by atoms with van der Waals surface area (Å²) in [6.45, 7) is 5.05. The van der Waals surface area contributed by atoms with Crippen molar-refractivity contribution < 1.29 is 0 Å². The summed E-state index contributed by atoms with van der Waals surface area (Å²) in [6, 6.07) is 6.27. The van der Waals surface area contributed by atoms with Crippen molar-refractivity contribution >= 4 is 16.7 Å². The minimum absolute atomic E-state index is 0.937. The van der Waals surface area contributed by atoms with E-state index in [2.05, 4.69) is 40.7 Å². The molecular formula is C12H18N4. The lowest BCUT2D eigenvalue weighted by Crippen LogP contribution is -2.21. The standard InChI is InChI=1S/C12H18N4/c1-3-13-6-7-14-10-4-5-12-11(8-10)15-9-16(12)2/h4-5,8-9,13-14H,3,6-7H2,1-2H3. The lowest BCUT2D eigenvalue weighted by molar-refractivity contribution is 0.739. The fourth-order valence-electron chi connectivity index (χ4n) is 1.72. The van der Waals surface area contributed by atoms with Gasteiger partial charge in [0.2, 0.25) is 0 Å². The first-order valence-electron chi connectivity index (χ1n) is 5.67. The van der Waals surface area contributed by atoms with Gasteiger partial charge >= 0.3 is 0 Å². The van der Waals surface area contributed by atoms with Gasteiger partial charge in [-0.2, -0.15) is 0 Å². The number of benzene rings is 1. The van der Waals surface area contributed by atoms with E-state index in [1.165, 1.54) is 0 Å². The molecule has 1 heterocycles. The Kier molecular flexibility index (Phi) is 3.41. The van der Waals surface area contributed by atoms with Crippen molar-refractivity contribution in [1.82, 2.24) is 14.9 Å². The molecule has 0 saturated heterocycles. The highest BCUT2D eigenvalue weighted by Crippen LogP contribution is 2.16. The van der Waals surface area contributed by atoms with Crippen molar-refractivity contribution in [3.8, 4) is 0 Å². The SMILES string of the molecule is CCNCCNc1ccc2c(c1)ncn2C. The molecule has 1 aromatic carbocycles.